The topological polar surface area (TPSA) is 46.2 Å². The molecule has 0 saturated carbocycles. The molecule has 0 aromatic heterocycles. The van der Waals surface area contributed by atoms with E-state index in [1.54, 1.807) is 30.3 Å². The Morgan fingerprint density at radius 2 is 1.57 bits per heavy atom. The molecule has 1 N–H and O–H groups in total. The molecule has 3 nitrogen and oxygen atoms in total. The molecule has 3 aromatic rings. The lowest BCUT2D eigenvalue weighted by Crippen LogP contribution is -2.13. The van der Waals surface area contributed by atoms with Crippen LogP contribution in [0.3, 0.4) is 0 Å². The zero-order chi connectivity index (χ0) is 14.9. The summed E-state index contributed by atoms with van der Waals surface area (Å²) in [6, 6.07) is 19.8. The number of hydrogen-bond donors (Lipinski definition) is 1. The largest absolute Gasteiger partial charge is 0.280 e. The molecule has 0 radical (unpaired) electrons. The smallest absolute Gasteiger partial charge is 0.262 e. The normalized spacial score (nSPS) is 11.5. The van der Waals surface area contributed by atoms with E-state index in [9.17, 15) is 8.42 Å². The minimum absolute atomic E-state index is 0.278. The van der Waals surface area contributed by atoms with Crippen LogP contribution < -0.4 is 4.72 Å². The van der Waals surface area contributed by atoms with Crippen molar-refractivity contribution in [3.63, 3.8) is 0 Å². The highest BCUT2D eigenvalue weighted by molar-refractivity contribution is 9.10. The molecule has 0 spiro atoms. The Balaban J connectivity index is 2.09. The molecule has 106 valence electrons. The van der Waals surface area contributed by atoms with Gasteiger partial charge in [-0.25, -0.2) is 8.42 Å². The molecule has 21 heavy (non-hydrogen) atoms. The molecule has 0 saturated heterocycles. The summed E-state index contributed by atoms with van der Waals surface area (Å²) in [5.41, 5.74) is 0.525. The number of nitrogens with one attached hydrogen (secondary N) is 1. The van der Waals surface area contributed by atoms with E-state index >= 15 is 0 Å². The number of sulfonamides is 1. The SMILES string of the molecule is O=S(=O)(Nc1cccc(Br)c1)c1cccc2ccccc12. The second-order valence-electron chi connectivity index (χ2n) is 4.59. The van der Waals surface area contributed by atoms with Crippen LogP contribution in [0.25, 0.3) is 10.8 Å². The summed E-state index contributed by atoms with van der Waals surface area (Å²) < 4.78 is 28.6. The van der Waals surface area contributed by atoms with Gasteiger partial charge in [0.1, 0.15) is 0 Å². The average Bonchev–Trinajstić information content (AvgIpc) is 2.46. The fourth-order valence-electron chi connectivity index (χ4n) is 2.19. The zero-order valence-corrected chi connectivity index (χ0v) is 13.4. The molecule has 0 amide bonds. The Morgan fingerprint density at radius 3 is 2.38 bits per heavy atom. The Hall–Kier alpha value is -1.85. The van der Waals surface area contributed by atoms with Crippen molar-refractivity contribution in [1.82, 2.24) is 0 Å². The summed E-state index contributed by atoms with van der Waals surface area (Å²) in [6.45, 7) is 0. The lowest BCUT2D eigenvalue weighted by atomic mass is 10.1. The molecular formula is C16H12BrNO2S. The molecule has 0 aliphatic rings. The number of hydrogen-bond acceptors (Lipinski definition) is 2. The van der Waals surface area contributed by atoms with Crippen molar-refractivity contribution in [2.45, 2.75) is 4.90 Å². The lowest BCUT2D eigenvalue weighted by molar-refractivity contribution is 0.602. The van der Waals surface area contributed by atoms with Crippen molar-refractivity contribution in [3.05, 3.63) is 71.2 Å². The Labute approximate surface area is 131 Å². The molecule has 0 heterocycles. The second-order valence-corrected chi connectivity index (χ2v) is 7.16. The van der Waals surface area contributed by atoms with Crippen LogP contribution in [-0.2, 0) is 10.0 Å². The Morgan fingerprint density at radius 1 is 0.857 bits per heavy atom. The first-order valence-corrected chi connectivity index (χ1v) is 8.60. The van der Waals surface area contributed by atoms with Crippen LogP contribution in [0, 0.1) is 0 Å². The van der Waals surface area contributed by atoms with Gasteiger partial charge in [-0.1, -0.05) is 58.4 Å². The van der Waals surface area contributed by atoms with Crippen molar-refractivity contribution in [3.8, 4) is 0 Å². The number of benzene rings is 3. The number of anilines is 1. The van der Waals surface area contributed by atoms with E-state index in [1.165, 1.54) is 0 Å². The van der Waals surface area contributed by atoms with Crippen LogP contribution in [0.15, 0.2) is 76.1 Å². The third kappa shape index (κ3) is 2.94. The first-order valence-electron chi connectivity index (χ1n) is 6.32. The maximum Gasteiger partial charge on any atom is 0.262 e. The quantitative estimate of drug-likeness (QED) is 0.751. The first kappa shape index (κ1) is 14.1. The van der Waals surface area contributed by atoms with E-state index in [-0.39, 0.29) is 4.90 Å². The van der Waals surface area contributed by atoms with Gasteiger partial charge in [0, 0.05) is 15.5 Å². The molecular weight excluding hydrogens is 350 g/mol. The third-order valence-corrected chi connectivity index (χ3v) is 5.05. The molecule has 0 bridgehead atoms. The Bertz CT molecular complexity index is 902. The van der Waals surface area contributed by atoms with Crippen molar-refractivity contribution in [1.29, 1.82) is 0 Å². The molecule has 0 aliphatic carbocycles. The van der Waals surface area contributed by atoms with Crippen molar-refractivity contribution < 1.29 is 8.42 Å². The van der Waals surface area contributed by atoms with E-state index in [1.807, 2.05) is 36.4 Å². The second kappa shape index (κ2) is 5.50. The number of rotatable bonds is 3. The summed E-state index contributed by atoms with van der Waals surface area (Å²) in [4.78, 5) is 0.278. The van der Waals surface area contributed by atoms with Gasteiger partial charge in [0.15, 0.2) is 0 Å². The van der Waals surface area contributed by atoms with Gasteiger partial charge >= 0.3 is 0 Å². The van der Waals surface area contributed by atoms with Crippen LogP contribution in [0.1, 0.15) is 0 Å². The molecule has 3 rings (SSSR count). The van der Waals surface area contributed by atoms with Crippen LogP contribution in [0.2, 0.25) is 0 Å². The van der Waals surface area contributed by atoms with Crippen molar-refractivity contribution in [2.75, 3.05) is 4.72 Å². The molecule has 0 fully saturated rings. The first-order chi connectivity index (χ1) is 10.1. The summed E-state index contributed by atoms with van der Waals surface area (Å²) in [7, 11) is -3.63. The minimum atomic E-state index is -3.63. The third-order valence-electron chi connectivity index (χ3n) is 3.12. The summed E-state index contributed by atoms with van der Waals surface area (Å²) >= 11 is 3.33. The summed E-state index contributed by atoms with van der Waals surface area (Å²) in [5, 5.41) is 1.61. The van der Waals surface area contributed by atoms with E-state index in [4.69, 9.17) is 0 Å². The average molecular weight is 362 g/mol. The van der Waals surface area contributed by atoms with E-state index < -0.39 is 10.0 Å². The van der Waals surface area contributed by atoms with E-state index in [0.29, 0.717) is 11.1 Å². The predicted octanol–water partition coefficient (Wildman–Crippen LogP) is 4.40. The van der Waals surface area contributed by atoms with Crippen LogP contribution >= 0.6 is 15.9 Å². The van der Waals surface area contributed by atoms with Gasteiger partial charge in [-0.05, 0) is 29.7 Å². The number of fused-ring (bicyclic) bond motifs is 1. The van der Waals surface area contributed by atoms with Gasteiger partial charge in [0.25, 0.3) is 10.0 Å². The highest BCUT2D eigenvalue weighted by atomic mass is 79.9. The fourth-order valence-corrected chi connectivity index (χ4v) is 3.87. The Kier molecular flexibility index (Phi) is 3.69. The maximum atomic E-state index is 12.6. The summed E-state index contributed by atoms with van der Waals surface area (Å²) in [6.07, 6.45) is 0. The molecule has 0 unspecified atom stereocenters. The van der Waals surface area contributed by atoms with Gasteiger partial charge in [0.2, 0.25) is 0 Å². The predicted molar refractivity (Wildman–Crippen MR) is 88.9 cm³/mol. The molecule has 0 atom stereocenters. The van der Waals surface area contributed by atoms with Crippen molar-refractivity contribution >= 4 is 42.4 Å². The minimum Gasteiger partial charge on any atom is -0.280 e. The van der Waals surface area contributed by atoms with Gasteiger partial charge in [-0.15, -0.1) is 0 Å². The monoisotopic (exact) mass is 361 g/mol. The van der Waals surface area contributed by atoms with Crippen LogP contribution in [-0.4, -0.2) is 8.42 Å². The fraction of sp³-hybridized carbons (Fsp3) is 0. The molecule has 5 heteroatoms. The molecule has 0 aliphatic heterocycles. The van der Waals surface area contributed by atoms with Gasteiger partial charge in [-0.2, -0.15) is 0 Å². The van der Waals surface area contributed by atoms with Gasteiger partial charge in [0.05, 0.1) is 4.90 Å². The van der Waals surface area contributed by atoms with Crippen molar-refractivity contribution in [2.24, 2.45) is 0 Å². The zero-order valence-electron chi connectivity index (χ0n) is 11.0. The van der Waals surface area contributed by atoms with Crippen LogP contribution in [0.5, 0.6) is 0 Å². The molecule has 3 aromatic carbocycles. The van der Waals surface area contributed by atoms with Gasteiger partial charge < -0.3 is 0 Å². The standard InChI is InChI=1S/C16H12BrNO2S/c17-13-7-4-8-14(11-13)18-21(19,20)16-10-3-6-12-5-1-2-9-15(12)16/h1-11,18H. The lowest BCUT2D eigenvalue weighted by Gasteiger charge is -2.10. The highest BCUT2D eigenvalue weighted by Crippen LogP contribution is 2.25. The van der Waals surface area contributed by atoms with E-state index in [2.05, 4.69) is 20.7 Å². The van der Waals surface area contributed by atoms with Gasteiger partial charge in [-0.3, -0.25) is 4.72 Å². The summed E-state index contributed by atoms with van der Waals surface area (Å²) in [5.74, 6) is 0. The highest BCUT2D eigenvalue weighted by Gasteiger charge is 2.17. The van der Waals surface area contributed by atoms with E-state index in [0.717, 1.165) is 9.86 Å². The number of halogens is 1. The maximum absolute atomic E-state index is 12.6. The van der Waals surface area contributed by atoms with Crippen LogP contribution in [0.4, 0.5) is 5.69 Å².